The van der Waals surface area contributed by atoms with Crippen LogP contribution in [0.1, 0.15) is 48.7 Å². The van der Waals surface area contributed by atoms with Gasteiger partial charge in [-0.05, 0) is 49.3 Å². The van der Waals surface area contributed by atoms with Gasteiger partial charge in [0.2, 0.25) is 0 Å². The van der Waals surface area contributed by atoms with Crippen LogP contribution in [-0.2, 0) is 4.74 Å². The van der Waals surface area contributed by atoms with Gasteiger partial charge >= 0.3 is 5.97 Å². The van der Waals surface area contributed by atoms with Crippen molar-refractivity contribution in [3.8, 4) is 6.07 Å². The van der Waals surface area contributed by atoms with Gasteiger partial charge in [0.05, 0.1) is 29.5 Å². The Labute approximate surface area is 202 Å². The molecule has 5 heteroatoms. The number of carbonyl (C=O) groups excluding carboxylic acids is 1. The van der Waals surface area contributed by atoms with E-state index in [4.69, 9.17) is 15.1 Å². The molecule has 0 saturated carbocycles. The number of hydrogen-bond donors (Lipinski definition) is 0. The maximum Gasteiger partial charge on any atom is 0.338 e. The Morgan fingerprint density at radius 3 is 2.41 bits per heavy atom. The van der Waals surface area contributed by atoms with Crippen molar-refractivity contribution < 1.29 is 9.53 Å². The highest BCUT2D eigenvalue weighted by atomic mass is 16.5. The van der Waals surface area contributed by atoms with Crippen LogP contribution in [0.5, 0.6) is 0 Å². The molecule has 34 heavy (non-hydrogen) atoms. The van der Waals surface area contributed by atoms with Crippen LogP contribution in [0, 0.1) is 11.3 Å². The number of nitriles is 1. The fraction of sp³-hybridized carbons (Fsp3) is 0.207. The summed E-state index contributed by atoms with van der Waals surface area (Å²) < 4.78 is 5.95. The van der Waals surface area contributed by atoms with Gasteiger partial charge in [-0.2, -0.15) is 10.4 Å². The first-order valence-electron chi connectivity index (χ1n) is 11.1. The number of likely N-dealkylation sites (N-methyl/N-ethyl adjacent to an activating group) is 1. The zero-order chi connectivity index (χ0) is 24.8. The van der Waals surface area contributed by atoms with E-state index in [0.717, 1.165) is 22.5 Å². The molecular formula is C29H31N3O2. The predicted molar refractivity (Wildman–Crippen MR) is 138 cm³/mol. The minimum atomic E-state index is -0.464. The molecule has 0 aliphatic rings. The topological polar surface area (TPSA) is 65.7 Å². The van der Waals surface area contributed by atoms with Crippen LogP contribution in [0.3, 0.4) is 0 Å². The van der Waals surface area contributed by atoms with Crippen molar-refractivity contribution in [1.82, 2.24) is 5.01 Å². The van der Waals surface area contributed by atoms with Gasteiger partial charge in [0, 0.05) is 13.5 Å². The maximum atomic E-state index is 12.8. The van der Waals surface area contributed by atoms with Gasteiger partial charge in [0.25, 0.3) is 0 Å². The molecule has 0 aromatic heterocycles. The number of ether oxygens (including phenoxy) is 1. The van der Waals surface area contributed by atoms with Crippen molar-refractivity contribution in [3.63, 3.8) is 0 Å². The Balaban J connectivity index is 2.27. The number of allylic oxidation sites excluding steroid dienone is 5. The van der Waals surface area contributed by atoms with E-state index in [1.807, 2.05) is 87.7 Å². The summed E-state index contributed by atoms with van der Waals surface area (Å²) in [4.78, 5) is 12.8. The number of benzene rings is 2. The summed E-state index contributed by atoms with van der Waals surface area (Å²) in [6.07, 6.45) is 9.44. The summed E-state index contributed by atoms with van der Waals surface area (Å²) in [6.45, 7) is 7.63. The summed E-state index contributed by atoms with van der Waals surface area (Å²) in [5.74, 6) is -0.365. The molecular weight excluding hydrogens is 422 g/mol. The molecule has 0 amide bonds. The Kier molecular flexibility index (Phi) is 10.8. The van der Waals surface area contributed by atoms with Gasteiger partial charge < -0.3 is 4.74 Å². The monoisotopic (exact) mass is 453 g/mol. The molecule has 0 aliphatic carbocycles. The van der Waals surface area contributed by atoms with Crippen LogP contribution < -0.4 is 0 Å². The number of rotatable bonds is 11. The quantitative estimate of drug-likeness (QED) is 0.163. The average Bonchev–Trinajstić information content (AvgIpc) is 2.86. The van der Waals surface area contributed by atoms with E-state index < -0.39 is 6.10 Å². The van der Waals surface area contributed by atoms with E-state index in [2.05, 4.69) is 12.6 Å². The van der Waals surface area contributed by atoms with Crippen LogP contribution in [0.15, 0.2) is 114 Å². The lowest BCUT2D eigenvalue weighted by atomic mass is 9.98. The van der Waals surface area contributed by atoms with E-state index in [1.54, 1.807) is 29.3 Å². The molecule has 0 aliphatic heterocycles. The number of hydrogen-bond acceptors (Lipinski definition) is 5. The molecule has 1 unspecified atom stereocenters. The Morgan fingerprint density at radius 2 is 1.82 bits per heavy atom. The lowest BCUT2D eigenvalue weighted by molar-refractivity contribution is 0.0300. The second-order valence-electron chi connectivity index (χ2n) is 7.49. The van der Waals surface area contributed by atoms with E-state index in [9.17, 15) is 4.79 Å². The Hall–Kier alpha value is -4.17. The van der Waals surface area contributed by atoms with Crippen LogP contribution in [0.25, 0.3) is 0 Å². The molecule has 0 N–H and O–H groups in total. The normalized spacial score (nSPS) is 13.3. The highest BCUT2D eigenvalue weighted by molar-refractivity contribution is 5.98. The summed E-state index contributed by atoms with van der Waals surface area (Å²) >= 11 is 0. The van der Waals surface area contributed by atoms with E-state index >= 15 is 0 Å². The molecule has 2 aromatic rings. The number of esters is 1. The third-order valence-corrected chi connectivity index (χ3v) is 5.11. The second kappa shape index (κ2) is 14.1. The molecule has 0 fully saturated rings. The van der Waals surface area contributed by atoms with Crippen molar-refractivity contribution >= 4 is 11.7 Å². The van der Waals surface area contributed by atoms with Crippen molar-refractivity contribution in [2.24, 2.45) is 5.10 Å². The molecule has 1 atom stereocenters. The molecule has 0 saturated heterocycles. The maximum absolute atomic E-state index is 12.8. The molecule has 174 valence electrons. The fourth-order valence-electron chi connectivity index (χ4n) is 3.31. The molecule has 0 bridgehead atoms. The zero-order valence-corrected chi connectivity index (χ0v) is 20.0. The number of nitrogens with zero attached hydrogens (tertiary/aromatic N) is 3. The van der Waals surface area contributed by atoms with Crippen LogP contribution in [0.4, 0.5) is 0 Å². The third kappa shape index (κ3) is 8.07. The molecule has 2 rings (SSSR count). The number of hydrazone groups is 1. The highest BCUT2D eigenvalue weighted by Crippen LogP contribution is 2.27. The van der Waals surface area contributed by atoms with Gasteiger partial charge in [-0.1, -0.05) is 73.3 Å². The average molecular weight is 454 g/mol. The van der Waals surface area contributed by atoms with Crippen LogP contribution >= 0.6 is 0 Å². The van der Waals surface area contributed by atoms with Gasteiger partial charge in [0.15, 0.2) is 0 Å². The second-order valence-corrected chi connectivity index (χ2v) is 7.49. The predicted octanol–water partition coefficient (Wildman–Crippen LogP) is 6.77. The number of carbonyl (C=O) groups is 1. The van der Waals surface area contributed by atoms with Crippen LogP contribution in [0.2, 0.25) is 0 Å². The van der Waals surface area contributed by atoms with E-state index in [-0.39, 0.29) is 5.97 Å². The van der Waals surface area contributed by atoms with Gasteiger partial charge in [-0.3, -0.25) is 5.01 Å². The molecule has 0 heterocycles. The molecule has 0 radical (unpaired) electrons. The highest BCUT2D eigenvalue weighted by Gasteiger charge is 2.20. The first-order valence-corrected chi connectivity index (χ1v) is 11.1. The van der Waals surface area contributed by atoms with E-state index in [1.165, 1.54) is 0 Å². The standard InChI is InChI=1S/C29H31N3O2/c1-5-15-27(20-13-14-21-30)32(4)31-23(3)24(6-2)22-28(25-16-9-7-10-17-25)34-29(33)26-18-11-8-12-19-26/h5-13,15-20,28H,1,14,22H2,2-4H3/b20-13-,24-6+,27-15+,31-23-. The molecule has 0 spiro atoms. The largest absolute Gasteiger partial charge is 0.454 e. The van der Waals surface area contributed by atoms with Gasteiger partial charge in [0.1, 0.15) is 6.10 Å². The lowest BCUT2D eigenvalue weighted by Gasteiger charge is -2.21. The molecule has 2 aromatic carbocycles. The summed E-state index contributed by atoms with van der Waals surface area (Å²) in [7, 11) is 1.84. The van der Waals surface area contributed by atoms with E-state index in [0.29, 0.717) is 18.4 Å². The SMILES string of the molecule is C=C/C=C(\C=C/CC#N)N(C)/N=C(C)\C(=C\C)CC(OC(=O)c1ccccc1)c1ccccc1. The lowest BCUT2D eigenvalue weighted by Crippen LogP contribution is -2.16. The van der Waals surface area contributed by atoms with Gasteiger partial charge in [-0.15, -0.1) is 0 Å². The Bertz CT molecular complexity index is 1110. The first-order chi connectivity index (χ1) is 16.5. The smallest absolute Gasteiger partial charge is 0.338 e. The summed E-state index contributed by atoms with van der Waals surface area (Å²) in [5.41, 5.74) is 3.99. The van der Waals surface area contributed by atoms with Gasteiger partial charge in [-0.25, -0.2) is 4.79 Å². The van der Waals surface area contributed by atoms with Crippen molar-refractivity contribution in [1.29, 1.82) is 5.26 Å². The zero-order valence-electron chi connectivity index (χ0n) is 20.0. The van der Waals surface area contributed by atoms with Crippen LogP contribution in [-0.4, -0.2) is 23.7 Å². The Morgan fingerprint density at radius 1 is 1.18 bits per heavy atom. The fourth-order valence-corrected chi connectivity index (χ4v) is 3.31. The van der Waals surface area contributed by atoms with Crippen molar-refractivity contribution in [2.45, 2.75) is 32.8 Å². The minimum absolute atomic E-state index is 0.316. The van der Waals surface area contributed by atoms with Crippen molar-refractivity contribution in [3.05, 3.63) is 120 Å². The minimum Gasteiger partial charge on any atom is -0.454 e. The molecule has 5 nitrogen and oxygen atoms in total. The summed E-state index contributed by atoms with van der Waals surface area (Å²) in [6, 6.07) is 20.8. The summed E-state index contributed by atoms with van der Waals surface area (Å²) in [5, 5.41) is 15.2. The first kappa shape index (κ1) is 26.1. The van der Waals surface area contributed by atoms with Crippen molar-refractivity contribution in [2.75, 3.05) is 7.05 Å². The third-order valence-electron chi connectivity index (χ3n) is 5.11.